The minimum Gasteiger partial charge on any atom is -0.465 e. The lowest BCUT2D eigenvalue weighted by molar-refractivity contribution is 0.0802. The Balaban J connectivity index is 1.55. The Labute approximate surface area is 141 Å². The van der Waals surface area contributed by atoms with Crippen LogP contribution in [0.2, 0.25) is 0 Å². The van der Waals surface area contributed by atoms with Crippen LogP contribution in [0.15, 0.2) is 18.2 Å². The maximum absolute atomic E-state index is 13.1. The molecule has 2 saturated heterocycles. The van der Waals surface area contributed by atoms with Gasteiger partial charge in [0.05, 0.1) is 11.4 Å². The summed E-state index contributed by atoms with van der Waals surface area (Å²) in [5.74, 6) is -0.329. The fourth-order valence-corrected chi connectivity index (χ4v) is 3.82. The summed E-state index contributed by atoms with van der Waals surface area (Å²) in [6, 6.07) is 4.72. The zero-order valence-electron chi connectivity index (χ0n) is 14.0. The minimum atomic E-state index is -0.831. The number of rotatable bonds is 3. The molecule has 2 fully saturated rings. The van der Waals surface area contributed by atoms with Crippen molar-refractivity contribution in [1.29, 1.82) is 0 Å². The first kappa shape index (κ1) is 16.8. The van der Waals surface area contributed by atoms with Crippen molar-refractivity contribution in [1.82, 2.24) is 9.80 Å². The van der Waals surface area contributed by atoms with Gasteiger partial charge in [0.15, 0.2) is 0 Å². The molecule has 0 aliphatic carbocycles. The van der Waals surface area contributed by atoms with Crippen LogP contribution >= 0.6 is 0 Å². The van der Waals surface area contributed by atoms with Gasteiger partial charge in [-0.25, -0.2) is 9.18 Å². The number of piperidine rings is 1. The van der Waals surface area contributed by atoms with E-state index in [9.17, 15) is 9.18 Å². The third-order valence-electron chi connectivity index (χ3n) is 5.35. The molecule has 3 rings (SSSR count). The Morgan fingerprint density at radius 1 is 1.38 bits per heavy atom. The fraction of sp³-hybridized carbons (Fsp3) is 0.588. The number of carboxylic acid groups (broad SMARTS) is 1. The number of anilines is 2. The molecule has 1 atom stereocenters. The monoisotopic (exact) mass is 336 g/mol. The molecular weight excluding hydrogens is 311 g/mol. The van der Waals surface area contributed by atoms with Crippen molar-refractivity contribution in [2.45, 2.75) is 37.8 Å². The molecule has 1 amide bonds. The Hall–Kier alpha value is -2.02. The largest absolute Gasteiger partial charge is 0.465 e. The Kier molecular flexibility index (Phi) is 4.54. The summed E-state index contributed by atoms with van der Waals surface area (Å²) in [5.41, 5.74) is 6.99. The highest BCUT2D eigenvalue weighted by molar-refractivity contribution is 5.66. The highest BCUT2D eigenvalue weighted by Crippen LogP contribution is 2.31. The number of amides is 1. The molecule has 1 aromatic carbocycles. The van der Waals surface area contributed by atoms with Crippen molar-refractivity contribution in [2.75, 3.05) is 37.2 Å². The maximum Gasteiger partial charge on any atom is 0.407 e. The molecule has 0 spiro atoms. The number of hydrogen-bond donors (Lipinski definition) is 3. The molecule has 132 valence electrons. The van der Waals surface area contributed by atoms with Gasteiger partial charge in [0.1, 0.15) is 5.82 Å². The molecule has 0 saturated carbocycles. The second-order valence-corrected chi connectivity index (χ2v) is 7.09. The van der Waals surface area contributed by atoms with E-state index >= 15 is 0 Å². The van der Waals surface area contributed by atoms with Gasteiger partial charge in [-0.1, -0.05) is 0 Å². The van der Waals surface area contributed by atoms with Gasteiger partial charge in [0, 0.05) is 37.8 Å². The second kappa shape index (κ2) is 6.47. The van der Waals surface area contributed by atoms with Gasteiger partial charge in [0.25, 0.3) is 0 Å². The lowest BCUT2D eigenvalue weighted by Gasteiger charge is -2.43. The van der Waals surface area contributed by atoms with Crippen molar-refractivity contribution >= 4 is 17.5 Å². The highest BCUT2D eigenvalue weighted by Gasteiger charge is 2.41. The summed E-state index contributed by atoms with van der Waals surface area (Å²) >= 11 is 0. The summed E-state index contributed by atoms with van der Waals surface area (Å²) in [6.07, 6.45) is 1.96. The van der Waals surface area contributed by atoms with E-state index in [1.54, 1.807) is 6.07 Å². The van der Waals surface area contributed by atoms with Crippen molar-refractivity contribution in [2.24, 2.45) is 0 Å². The van der Waals surface area contributed by atoms with Crippen LogP contribution < -0.4 is 11.1 Å². The number of carbonyl (C=O) groups is 1. The van der Waals surface area contributed by atoms with E-state index in [4.69, 9.17) is 10.8 Å². The smallest absolute Gasteiger partial charge is 0.407 e. The molecule has 2 aliphatic heterocycles. The van der Waals surface area contributed by atoms with E-state index in [0.29, 0.717) is 24.8 Å². The predicted octanol–water partition coefficient (Wildman–Crippen LogP) is 2.43. The fourth-order valence-electron chi connectivity index (χ4n) is 3.82. The third kappa shape index (κ3) is 3.40. The van der Waals surface area contributed by atoms with Gasteiger partial charge in [-0.3, -0.25) is 4.90 Å². The van der Waals surface area contributed by atoms with Crippen LogP contribution in [-0.2, 0) is 0 Å². The van der Waals surface area contributed by atoms with E-state index in [2.05, 4.69) is 17.1 Å². The Morgan fingerprint density at radius 3 is 2.67 bits per heavy atom. The van der Waals surface area contributed by atoms with Crippen molar-refractivity contribution in [3.63, 3.8) is 0 Å². The quantitative estimate of drug-likeness (QED) is 0.739. The number of benzene rings is 1. The number of nitrogens with zero attached hydrogens (tertiary/aromatic N) is 2. The van der Waals surface area contributed by atoms with Crippen molar-refractivity contribution in [3.05, 3.63) is 24.0 Å². The molecule has 6 nitrogen and oxygen atoms in total. The average molecular weight is 336 g/mol. The minimum absolute atomic E-state index is 0.0712. The molecule has 0 radical (unpaired) electrons. The maximum atomic E-state index is 13.1. The molecule has 4 N–H and O–H groups in total. The lowest BCUT2D eigenvalue weighted by Crippen LogP contribution is -2.53. The summed E-state index contributed by atoms with van der Waals surface area (Å²) in [5, 5.41) is 12.6. The summed E-state index contributed by atoms with van der Waals surface area (Å²) in [7, 11) is 0. The number of nitrogens with one attached hydrogen (secondary N) is 1. The van der Waals surface area contributed by atoms with Crippen LogP contribution in [0.25, 0.3) is 0 Å². The first-order valence-electron chi connectivity index (χ1n) is 8.42. The normalized spacial score (nSPS) is 25.8. The van der Waals surface area contributed by atoms with Crippen LogP contribution in [-0.4, -0.2) is 58.8 Å². The third-order valence-corrected chi connectivity index (χ3v) is 5.35. The number of hydrogen-bond acceptors (Lipinski definition) is 4. The zero-order chi connectivity index (χ0) is 17.3. The first-order valence-corrected chi connectivity index (χ1v) is 8.42. The van der Waals surface area contributed by atoms with E-state index < -0.39 is 6.09 Å². The molecule has 2 heterocycles. The molecule has 24 heavy (non-hydrogen) atoms. The molecule has 2 aliphatic rings. The molecule has 0 bridgehead atoms. The lowest BCUT2D eigenvalue weighted by atomic mass is 9.94. The summed E-state index contributed by atoms with van der Waals surface area (Å²) in [4.78, 5) is 15.1. The van der Waals surface area contributed by atoms with Gasteiger partial charge in [-0.05, 0) is 44.4 Å². The number of nitrogen functional groups attached to an aromatic ring is 1. The Morgan fingerprint density at radius 2 is 2.08 bits per heavy atom. The van der Waals surface area contributed by atoms with Crippen LogP contribution in [0.3, 0.4) is 0 Å². The number of halogens is 1. The highest BCUT2D eigenvalue weighted by atomic mass is 19.1. The second-order valence-electron chi connectivity index (χ2n) is 7.09. The number of nitrogens with two attached hydrogens (primary N) is 1. The molecule has 0 aromatic heterocycles. The van der Waals surface area contributed by atoms with E-state index in [1.165, 1.54) is 17.0 Å². The zero-order valence-corrected chi connectivity index (χ0v) is 14.0. The van der Waals surface area contributed by atoms with E-state index in [0.717, 1.165) is 38.0 Å². The van der Waals surface area contributed by atoms with Gasteiger partial charge in [0.2, 0.25) is 0 Å². The SMILES string of the molecule is CC1(N2CCC(Nc3ccc(F)cc3N)CC2)CCN(C(=O)O)C1. The van der Waals surface area contributed by atoms with Crippen molar-refractivity contribution < 1.29 is 14.3 Å². The van der Waals surface area contributed by atoms with Gasteiger partial charge >= 0.3 is 6.09 Å². The topological polar surface area (TPSA) is 81.8 Å². The first-order chi connectivity index (χ1) is 11.4. The van der Waals surface area contributed by atoms with Gasteiger partial charge in [-0.15, -0.1) is 0 Å². The van der Waals surface area contributed by atoms with Crippen LogP contribution in [0.4, 0.5) is 20.6 Å². The molecule has 1 unspecified atom stereocenters. The standard InChI is InChI=1S/C17H25FN4O2/c1-17(6-9-21(11-17)16(23)24)22-7-4-13(5-8-22)20-15-3-2-12(18)10-14(15)19/h2-3,10,13,20H,4-9,11,19H2,1H3,(H,23,24). The number of likely N-dealkylation sites (tertiary alicyclic amines) is 2. The molecule has 7 heteroatoms. The van der Waals surface area contributed by atoms with Crippen LogP contribution in [0.5, 0.6) is 0 Å². The van der Waals surface area contributed by atoms with E-state index in [1.807, 2.05) is 0 Å². The van der Waals surface area contributed by atoms with Gasteiger partial charge < -0.3 is 21.1 Å². The van der Waals surface area contributed by atoms with Crippen LogP contribution in [0.1, 0.15) is 26.2 Å². The predicted molar refractivity (Wildman–Crippen MR) is 91.6 cm³/mol. The summed E-state index contributed by atoms with van der Waals surface area (Å²) < 4.78 is 13.1. The Bertz CT molecular complexity index is 619. The average Bonchev–Trinajstić information content (AvgIpc) is 2.95. The van der Waals surface area contributed by atoms with E-state index in [-0.39, 0.29) is 11.4 Å². The van der Waals surface area contributed by atoms with Crippen molar-refractivity contribution in [3.8, 4) is 0 Å². The molecular formula is C17H25FN4O2. The van der Waals surface area contributed by atoms with Gasteiger partial charge in [-0.2, -0.15) is 0 Å². The molecule has 1 aromatic rings. The summed E-state index contributed by atoms with van der Waals surface area (Å²) in [6.45, 7) is 5.18. The van der Waals surface area contributed by atoms with Crippen LogP contribution in [0, 0.1) is 5.82 Å².